The topological polar surface area (TPSA) is 59.0 Å². The summed E-state index contributed by atoms with van der Waals surface area (Å²) >= 11 is 0. The van der Waals surface area contributed by atoms with Crippen LogP contribution in [0.25, 0.3) is 0 Å². The molecule has 1 amide bonds. The van der Waals surface area contributed by atoms with Crippen molar-refractivity contribution in [3.63, 3.8) is 0 Å². The van der Waals surface area contributed by atoms with E-state index < -0.39 is 0 Å². The van der Waals surface area contributed by atoms with Crippen LogP contribution in [0.5, 0.6) is 0 Å². The number of benzene rings is 1. The molecule has 0 saturated heterocycles. The minimum absolute atomic E-state index is 0.0620. The van der Waals surface area contributed by atoms with Crippen LogP contribution in [0.4, 0.5) is 11.4 Å². The Morgan fingerprint density at radius 1 is 1.25 bits per heavy atom. The fourth-order valence-electron chi connectivity index (χ4n) is 2.08. The SMILES string of the molecule is CCn1nc(C)cc1CNc1ccc(NC(C)=O)cc1. The Labute approximate surface area is 119 Å². The van der Waals surface area contributed by atoms with Crippen LogP contribution in [-0.2, 0) is 17.9 Å². The van der Waals surface area contributed by atoms with Crippen LogP contribution in [0.1, 0.15) is 25.2 Å². The second-order valence-corrected chi connectivity index (χ2v) is 4.70. The van der Waals surface area contributed by atoms with Crippen molar-refractivity contribution in [2.45, 2.75) is 33.9 Å². The number of rotatable bonds is 5. The minimum atomic E-state index is -0.0620. The molecular weight excluding hydrogens is 252 g/mol. The highest BCUT2D eigenvalue weighted by atomic mass is 16.1. The van der Waals surface area contributed by atoms with Gasteiger partial charge in [-0.25, -0.2) is 0 Å². The lowest BCUT2D eigenvalue weighted by Crippen LogP contribution is -2.08. The Kier molecular flexibility index (Phi) is 4.40. The van der Waals surface area contributed by atoms with Gasteiger partial charge >= 0.3 is 0 Å². The molecule has 2 N–H and O–H groups in total. The molecule has 5 nitrogen and oxygen atoms in total. The summed E-state index contributed by atoms with van der Waals surface area (Å²) in [5, 5.41) is 10.5. The lowest BCUT2D eigenvalue weighted by Gasteiger charge is -2.09. The van der Waals surface area contributed by atoms with Crippen LogP contribution in [0.2, 0.25) is 0 Å². The summed E-state index contributed by atoms with van der Waals surface area (Å²) in [5.74, 6) is -0.0620. The number of carbonyl (C=O) groups excluding carboxylic acids is 1. The van der Waals surface area contributed by atoms with Gasteiger partial charge in [-0.2, -0.15) is 5.10 Å². The number of nitrogens with zero attached hydrogens (tertiary/aromatic N) is 2. The Hall–Kier alpha value is -2.30. The van der Waals surface area contributed by atoms with Gasteiger partial charge in [-0.3, -0.25) is 9.48 Å². The summed E-state index contributed by atoms with van der Waals surface area (Å²) < 4.78 is 1.99. The van der Waals surface area contributed by atoms with Crippen molar-refractivity contribution >= 4 is 17.3 Å². The summed E-state index contributed by atoms with van der Waals surface area (Å²) in [6, 6.07) is 9.75. The molecule has 20 heavy (non-hydrogen) atoms. The van der Waals surface area contributed by atoms with Crippen molar-refractivity contribution in [3.05, 3.63) is 41.7 Å². The second kappa shape index (κ2) is 6.23. The molecule has 5 heteroatoms. The summed E-state index contributed by atoms with van der Waals surface area (Å²) in [6.45, 7) is 7.18. The normalized spacial score (nSPS) is 10.3. The van der Waals surface area contributed by atoms with Crippen molar-refractivity contribution in [2.24, 2.45) is 0 Å². The Morgan fingerprint density at radius 3 is 2.50 bits per heavy atom. The van der Waals surface area contributed by atoms with Gasteiger partial charge in [-0.1, -0.05) is 0 Å². The molecule has 0 spiro atoms. The van der Waals surface area contributed by atoms with E-state index in [0.717, 1.165) is 35.9 Å². The molecule has 0 atom stereocenters. The van der Waals surface area contributed by atoms with E-state index in [1.54, 1.807) is 0 Å². The Balaban J connectivity index is 1.98. The predicted molar refractivity (Wildman–Crippen MR) is 80.7 cm³/mol. The molecule has 1 aromatic heterocycles. The lowest BCUT2D eigenvalue weighted by molar-refractivity contribution is -0.114. The van der Waals surface area contributed by atoms with E-state index in [2.05, 4.69) is 28.7 Å². The van der Waals surface area contributed by atoms with E-state index in [-0.39, 0.29) is 5.91 Å². The quantitative estimate of drug-likeness (QED) is 0.880. The predicted octanol–water partition coefficient (Wildman–Crippen LogP) is 2.78. The highest BCUT2D eigenvalue weighted by molar-refractivity contribution is 5.88. The maximum absolute atomic E-state index is 10.9. The highest BCUT2D eigenvalue weighted by Crippen LogP contribution is 2.15. The molecule has 0 aliphatic rings. The first kappa shape index (κ1) is 14.1. The summed E-state index contributed by atoms with van der Waals surface area (Å²) in [7, 11) is 0. The maximum atomic E-state index is 10.9. The molecule has 0 fully saturated rings. The third-order valence-electron chi connectivity index (χ3n) is 2.96. The van der Waals surface area contributed by atoms with Crippen molar-refractivity contribution < 1.29 is 4.79 Å². The van der Waals surface area contributed by atoms with Crippen molar-refractivity contribution in [3.8, 4) is 0 Å². The van der Waals surface area contributed by atoms with Gasteiger partial charge in [0.1, 0.15) is 0 Å². The minimum Gasteiger partial charge on any atom is -0.379 e. The van der Waals surface area contributed by atoms with E-state index in [1.165, 1.54) is 6.92 Å². The van der Waals surface area contributed by atoms with Gasteiger partial charge in [-0.15, -0.1) is 0 Å². The summed E-state index contributed by atoms with van der Waals surface area (Å²) in [5.41, 5.74) is 4.01. The fraction of sp³-hybridized carbons (Fsp3) is 0.333. The lowest BCUT2D eigenvalue weighted by atomic mass is 10.2. The van der Waals surface area contributed by atoms with Gasteiger partial charge < -0.3 is 10.6 Å². The van der Waals surface area contributed by atoms with E-state index in [1.807, 2.05) is 35.9 Å². The van der Waals surface area contributed by atoms with E-state index in [0.29, 0.717) is 0 Å². The van der Waals surface area contributed by atoms with Crippen LogP contribution in [0.15, 0.2) is 30.3 Å². The molecule has 0 radical (unpaired) electrons. The molecule has 0 aliphatic carbocycles. The largest absolute Gasteiger partial charge is 0.379 e. The summed E-state index contributed by atoms with van der Waals surface area (Å²) in [4.78, 5) is 10.9. The van der Waals surface area contributed by atoms with Crippen LogP contribution < -0.4 is 10.6 Å². The molecule has 0 bridgehead atoms. The third kappa shape index (κ3) is 3.60. The first-order valence-corrected chi connectivity index (χ1v) is 6.73. The molecular formula is C15H20N4O. The maximum Gasteiger partial charge on any atom is 0.221 e. The van der Waals surface area contributed by atoms with Crippen LogP contribution in [0, 0.1) is 6.92 Å². The number of anilines is 2. The zero-order chi connectivity index (χ0) is 14.5. The number of aryl methyl sites for hydroxylation is 2. The van der Waals surface area contributed by atoms with E-state index >= 15 is 0 Å². The number of aromatic nitrogens is 2. The second-order valence-electron chi connectivity index (χ2n) is 4.70. The summed E-state index contributed by atoms with van der Waals surface area (Å²) in [6.07, 6.45) is 0. The Morgan fingerprint density at radius 2 is 1.90 bits per heavy atom. The smallest absolute Gasteiger partial charge is 0.221 e. The van der Waals surface area contributed by atoms with Crippen molar-refractivity contribution in [2.75, 3.05) is 10.6 Å². The first-order valence-electron chi connectivity index (χ1n) is 6.73. The van der Waals surface area contributed by atoms with Gasteiger partial charge in [0, 0.05) is 24.8 Å². The number of hydrogen-bond donors (Lipinski definition) is 2. The van der Waals surface area contributed by atoms with Crippen LogP contribution >= 0.6 is 0 Å². The van der Waals surface area contributed by atoms with Gasteiger partial charge in [0.15, 0.2) is 0 Å². The Bertz CT molecular complexity index is 586. The first-order chi connectivity index (χ1) is 9.58. The standard InChI is InChI=1S/C15H20N4O/c1-4-19-15(9-11(2)18-19)10-16-13-5-7-14(8-6-13)17-12(3)20/h5-9,16H,4,10H2,1-3H3,(H,17,20). The average Bonchev–Trinajstić information content (AvgIpc) is 2.78. The van der Waals surface area contributed by atoms with Crippen molar-refractivity contribution in [1.82, 2.24) is 9.78 Å². The zero-order valence-corrected chi connectivity index (χ0v) is 12.1. The zero-order valence-electron chi connectivity index (χ0n) is 12.1. The van der Waals surface area contributed by atoms with Gasteiger partial charge in [-0.05, 0) is 44.2 Å². The highest BCUT2D eigenvalue weighted by Gasteiger charge is 2.03. The van der Waals surface area contributed by atoms with Gasteiger partial charge in [0.2, 0.25) is 5.91 Å². The van der Waals surface area contributed by atoms with Crippen LogP contribution in [0.3, 0.4) is 0 Å². The number of amides is 1. The molecule has 0 aliphatic heterocycles. The van der Waals surface area contributed by atoms with Crippen molar-refractivity contribution in [1.29, 1.82) is 0 Å². The van der Waals surface area contributed by atoms with Gasteiger partial charge in [0.05, 0.1) is 17.9 Å². The number of nitrogens with one attached hydrogen (secondary N) is 2. The fourth-order valence-corrected chi connectivity index (χ4v) is 2.08. The molecule has 0 unspecified atom stereocenters. The number of hydrogen-bond acceptors (Lipinski definition) is 3. The van der Waals surface area contributed by atoms with E-state index in [9.17, 15) is 4.79 Å². The monoisotopic (exact) mass is 272 g/mol. The molecule has 2 aromatic rings. The third-order valence-corrected chi connectivity index (χ3v) is 2.96. The molecule has 1 heterocycles. The molecule has 1 aromatic carbocycles. The van der Waals surface area contributed by atoms with Crippen LogP contribution in [-0.4, -0.2) is 15.7 Å². The van der Waals surface area contributed by atoms with E-state index in [4.69, 9.17) is 0 Å². The average molecular weight is 272 g/mol. The number of carbonyl (C=O) groups is 1. The molecule has 0 saturated carbocycles. The van der Waals surface area contributed by atoms with Gasteiger partial charge in [0.25, 0.3) is 0 Å². The molecule has 106 valence electrons. The molecule has 2 rings (SSSR count).